The standard InChI is InChI=1S/C20H23F4NO2/c1-12-7-14(8-13(2)25-12)10-19(27,20(22,23)24)11-18(3,4)16-9-15(21)5-6-17(16)26/h5-9,26-27H,10-11H2,1-4H3. The van der Waals surface area contributed by atoms with Crippen molar-refractivity contribution in [3.63, 3.8) is 0 Å². The SMILES string of the molecule is Cc1cc(CC(O)(CC(C)(C)c2cc(F)ccc2O)C(F)(F)F)cc(C)n1. The monoisotopic (exact) mass is 385 g/mol. The van der Waals surface area contributed by atoms with Crippen LogP contribution in [0.15, 0.2) is 30.3 Å². The van der Waals surface area contributed by atoms with E-state index in [-0.39, 0.29) is 11.3 Å². The summed E-state index contributed by atoms with van der Waals surface area (Å²) in [5.41, 5.74) is -2.98. The molecular formula is C20H23F4NO2. The van der Waals surface area contributed by atoms with Crippen molar-refractivity contribution >= 4 is 0 Å². The summed E-state index contributed by atoms with van der Waals surface area (Å²) in [6.45, 7) is 6.19. The summed E-state index contributed by atoms with van der Waals surface area (Å²) in [5, 5.41) is 20.6. The van der Waals surface area contributed by atoms with Crippen LogP contribution in [0, 0.1) is 19.7 Å². The number of benzene rings is 1. The molecule has 0 aliphatic heterocycles. The Morgan fingerprint density at radius 1 is 1.00 bits per heavy atom. The van der Waals surface area contributed by atoms with Crippen molar-refractivity contribution in [2.45, 2.75) is 57.7 Å². The van der Waals surface area contributed by atoms with E-state index in [9.17, 15) is 27.8 Å². The van der Waals surface area contributed by atoms with E-state index in [1.807, 2.05) is 0 Å². The van der Waals surface area contributed by atoms with E-state index in [0.717, 1.165) is 18.2 Å². The molecule has 0 radical (unpaired) electrons. The van der Waals surface area contributed by atoms with Crippen molar-refractivity contribution in [1.29, 1.82) is 0 Å². The van der Waals surface area contributed by atoms with Gasteiger partial charge in [0.2, 0.25) is 0 Å². The molecule has 0 bridgehead atoms. The maximum atomic E-state index is 13.8. The number of phenols is 1. The molecule has 2 rings (SSSR count). The predicted molar refractivity (Wildman–Crippen MR) is 94.1 cm³/mol. The maximum absolute atomic E-state index is 13.8. The van der Waals surface area contributed by atoms with Crippen LogP contribution in [0.5, 0.6) is 5.75 Å². The van der Waals surface area contributed by atoms with E-state index in [0.29, 0.717) is 17.0 Å². The second-order valence-electron chi connectivity index (χ2n) is 7.69. The van der Waals surface area contributed by atoms with Gasteiger partial charge in [-0.15, -0.1) is 0 Å². The third-order valence-electron chi connectivity index (χ3n) is 4.59. The number of nitrogens with zero attached hydrogens (tertiary/aromatic N) is 1. The lowest BCUT2D eigenvalue weighted by Gasteiger charge is -2.38. The molecule has 27 heavy (non-hydrogen) atoms. The Morgan fingerprint density at radius 2 is 1.56 bits per heavy atom. The van der Waals surface area contributed by atoms with Crippen molar-refractivity contribution in [2.24, 2.45) is 0 Å². The van der Waals surface area contributed by atoms with Crippen LogP contribution < -0.4 is 0 Å². The van der Waals surface area contributed by atoms with Crippen LogP contribution in [-0.4, -0.2) is 27.0 Å². The molecule has 1 heterocycles. The molecule has 148 valence electrons. The van der Waals surface area contributed by atoms with Crippen LogP contribution in [0.4, 0.5) is 17.6 Å². The topological polar surface area (TPSA) is 53.4 Å². The molecule has 1 atom stereocenters. The average Bonchev–Trinajstić information content (AvgIpc) is 2.46. The molecule has 0 amide bonds. The molecule has 7 heteroatoms. The summed E-state index contributed by atoms with van der Waals surface area (Å²) in [6, 6.07) is 6.10. The van der Waals surface area contributed by atoms with Crippen molar-refractivity contribution in [3.8, 4) is 5.75 Å². The molecule has 1 aromatic carbocycles. The Kier molecular flexibility index (Phi) is 5.57. The fourth-order valence-corrected chi connectivity index (χ4v) is 3.50. The Labute approximate surface area is 155 Å². The van der Waals surface area contributed by atoms with Gasteiger partial charge in [0.05, 0.1) is 0 Å². The molecule has 3 nitrogen and oxygen atoms in total. The maximum Gasteiger partial charge on any atom is 0.417 e. The molecule has 0 aliphatic carbocycles. The Bertz CT molecular complexity index is 813. The van der Waals surface area contributed by atoms with Gasteiger partial charge in [-0.1, -0.05) is 13.8 Å². The summed E-state index contributed by atoms with van der Waals surface area (Å²) >= 11 is 0. The molecule has 1 unspecified atom stereocenters. The summed E-state index contributed by atoms with van der Waals surface area (Å²) < 4.78 is 55.0. The largest absolute Gasteiger partial charge is 0.508 e. The highest BCUT2D eigenvalue weighted by molar-refractivity contribution is 5.39. The number of hydrogen-bond donors (Lipinski definition) is 2. The lowest BCUT2D eigenvalue weighted by Crippen LogP contribution is -2.50. The summed E-state index contributed by atoms with van der Waals surface area (Å²) in [5.74, 6) is -0.992. The zero-order valence-corrected chi connectivity index (χ0v) is 15.7. The molecule has 0 saturated carbocycles. The first-order valence-electron chi connectivity index (χ1n) is 8.46. The van der Waals surface area contributed by atoms with Gasteiger partial charge < -0.3 is 10.2 Å². The van der Waals surface area contributed by atoms with E-state index >= 15 is 0 Å². The van der Waals surface area contributed by atoms with Gasteiger partial charge in [-0.05, 0) is 61.6 Å². The van der Waals surface area contributed by atoms with Crippen molar-refractivity contribution in [1.82, 2.24) is 4.98 Å². The van der Waals surface area contributed by atoms with Crippen LogP contribution in [-0.2, 0) is 11.8 Å². The van der Waals surface area contributed by atoms with Crippen molar-refractivity contribution in [3.05, 3.63) is 58.7 Å². The number of aromatic hydroxyl groups is 1. The number of aryl methyl sites for hydroxylation is 2. The highest BCUT2D eigenvalue weighted by atomic mass is 19.4. The van der Waals surface area contributed by atoms with Crippen LogP contribution in [0.25, 0.3) is 0 Å². The Hall–Kier alpha value is -2.15. The number of pyridine rings is 1. The summed E-state index contributed by atoms with van der Waals surface area (Å²) in [4.78, 5) is 4.13. The van der Waals surface area contributed by atoms with Gasteiger partial charge in [0, 0.05) is 23.4 Å². The number of alkyl halides is 3. The van der Waals surface area contributed by atoms with Gasteiger partial charge in [0.25, 0.3) is 0 Å². The molecule has 2 N–H and O–H groups in total. The van der Waals surface area contributed by atoms with Gasteiger partial charge in [0.15, 0.2) is 5.60 Å². The lowest BCUT2D eigenvalue weighted by molar-refractivity contribution is -0.266. The molecule has 0 saturated heterocycles. The van der Waals surface area contributed by atoms with Gasteiger partial charge in [-0.3, -0.25) is 4.98 Å². The predicted octanol–water partition coefficient (Wildman–Crippen LogP) is 4.75. The zero-order chi connectivity index (χ0) is 20.6. The van der Waals surface area contributed by atoms with E-state index in [2.05, 4.69) is 4.98 Å². The van der Waals surface area contributed by atoms with E-state index in [1.165, 1.54) is 26.0 Å². The zero-order valence-electron chi connectivity index (χ0n) is 15.7. The first kappa shape index (κ1) is 21.2. The molecule has 0 fully saturated rings. The lowest BCUT2D eigenvalue weighted by atomic mass is 9.72. The number of aliphatic hydroxyl groups is 1. The molecule has 2 aromatic rings. The molecule has 1 aromatic heterocycles. The van der Waals surface area contributed by atoms with E-state index in [1.54, 1.807) is 13.8 Å². The van der Waals surface area contributed by atoms with Gasteiger partial charge >= 0.3 is 6.18 Å². The normalized spacial score (nSPS) is 14.9. The van der Waals surface area contributed by atoms with Crippen LogP contribution in [0.2, 0.25) is 0 Å². The minimum Gasteiger partial charge on any atom is -0.508 e. The second-order valence-corrected chi connectivity index (χ2v) is 7.69. The Morgan fingerprint density at radius 3 is 2.07 bits per heavy atom. The van der Waals surface area contributed by atoms with Crippen molar-refractivity contribution in [2.75, 3.05) is 0 Å². The first-order valence-corrected chi connectivity index (χ1v) is 8.46. The van der Waals surface area contributed by atoms with Crippen LogP contribution >= 0.6 is 0 Å². The molecule has 0 aliphatic rings. The third-order valence-corrected chi connectivity index (χ3v) is 4.59. The fraction of sp³-hybridized carbons (Fsp3) is 0.450. The van der Waals surface area contributed by atoms with E-state index < -0.39 is 35.9 Å². The summed E-state index contributed by atoms with van der Waals surface area (Å²) in [6.07, 6.45) is -6.33. The number of aromatic nitrogens is 1. The van der Waals surface area contributed by atoms with Crippen LogP contribution in [0.3, 0.4) is 0 Å². The quantitative estimate of drug-likeness (QED) is 0.731. The summed E-state index contributed by atoms with van der Waals surface area (Å²) in [7, 11) is 0. The number of hydrogen-bond acceptors (Lipinski definition) is 3. The minimum absolute atomic E-state index is 0.00673. The van der Waals surface area contributed by atoms with Gasteiger partial charge in [-0.2, -0.15) is 13.2 Å². The smallest absolute Gasteiger partial charge is 0.417 e. The number of phenolic OH excluding ortho intramolecular Hbond substituents is 1. The van der Waals surface area contributed by atoms with E-state index in [4.69, 9.17) is 0 Å². The Balaban J connectivity index is 2.45. The first-order chi connectivity index (χ1) is 12.2. The van der Waals surface area contributed by atoms with Crippen molar-refractivity contribution < 1.29 is 27.8 Å². The number of rotatable bonds is 5. The minimum atomic E-state index is -4.92. The highest BCUT2D eigenvalue weighted by Gasteiger charge is 2.56. The third kappa shape index (κ3) is 4.77. The fourth-order valence-electron chi connectivity index (χ4n) is 3.50. The van der Waals surface area contributed by atoms with Crippen LogP contribution in [0.1, 0.15) is 42.8 Å². The number of halogens is 4. The second kappa shape index (κ2) is 7.11. The molecular weight excluding hydrogens is 362 g/mol. The van der Waals surface area contributed by atoms with Gasteiger partial charge in [-0.25, -0.2) is 4.39 Å². The average molecular weight is 385 g/mol. The van der Waals surface area contributed by atoms with Gasteiger partial charge in [0.1, 0.15) is 11.6 Å². The highest BCUT2D eigenvalue weighted by Crippen LogP contribution is 2.45. The molecule has 0 spiro atoms.